The Morgan fingerprint density at radius 3 is 2.77 bits per heavy atom. The molecule has 1 unspecified atom stereocenters. The molecule has 0 aliphatic carbocycles. The van der Waals surface area contributed by atoms with Gasteiger partial charge in [0.25, 0.3) is 5.91 Å². The summed E-state index contributed by atoms with van der Waals surface area (Å²) >= 11 is 5.74. The lowest BCUT2D eigenvalue weighted by Gasteiger charge is -2.17. The third-order valence-electron chi connectivity index (χ3n) is 3.68. The van der Waals surface area contributed by atoms with E-state index in [1.807, 2.05) is 36.1 Å². The molecular weight excluding hydrogens is 302 g/mol. The SMILES string of the molecule is Cc1ccccc1C(=O)N1CCC(Oc2ncc(Cl)cn2)C1. The number of nitrogens with zero attached hydrogens (tertiary/aromatic N) is 3. The minimum absolute atomic E-state index is 0.0428. The third kappa shape index (κ3) is 3.20. The van der Waals surface area contributed by atoms with Crippen molar-refractivity contribution in [2.24, 2.45) is 0 Å². The van der Waals surface area contributed by atoms with Crippen molar-refractivity contribution in [1.29, 1.82) is 0 Å². The van der Waals surface area contributed by atoms with Crippen LogP contribution in [0.4, 0.5) is 0 Å². The summed E-state index contributed by atoms with van der Waals surface area (Å²) in [4.78, 5) is 22.4. The number of rotatable bonds is 3. The molecule has 114 valence electrons. The highest BCUT2D eigenvalue weighted by molar-refractivity contribution is 6.30. The molecule has 0 bridgehead atoms. The van der Waals surface area contributed by atoms with Gasteiger partial charge in [0.1, 0.15) is 6.10 Å². The topological polar surface area (TPSA) is 55.3 Å². The van der Waals surface area contributed by atoms with Gasteiger partial charge < -0.3 is 9.64 Å². The molecule has 2 aromatic rings. The quantitative estimate of drug-likeness (QED) is 0.873. The second-order valence-electron chi connectivity index (χ2n) is 5.28. The van der Waals surface area contributed by atoms with Crippen molar-refractivity contribution < 1.29 is 9.53 Å². The number of carbonyl (C=O) groups excluding carboxylic acids is 1. The van der Waals surface area contributed by atoms with E-state index in [0.717, 1.165) is 17.5 Å². The van der Waals surface area contributed by atoms with Gasteiger partial charge in [-0.2, -0.15) is 0 Å². The van der Waals surface area contributed by atoms with Crippen LogP contribution < -0.4 is 4.74 Å². The largest absolute Gasteiger partial charge is 0.458 e. The second-order valence-corrected chi connectivity index (χ2v) is 5.71. The summed E-state index contributed by atoms with van der Waals surface area (Å²) in [6.07, 6.45) is 3.67. The number of likely N-dealkylation sites (tertiary alicyclic amines) is 1. The summed E-state index contributed by atoms with van der Waals surface area (Å²) in [5, 5.41) is 0.468. The molecule has 1 aromatic heterocycles. The van der Waals surface area contributed by atoms with Crippen LogP contribution >= 0.6 is 11.6 Å². The fourth-order valence-electron chi connectivity index (χ4n) is 2.50. The van der Waals surface area contributed by atoms with E-state index in [-0.39, 0.29) is 12.0 Å². The maximum Gasteiger partial charge on any atom is 0.316 e. The summed E-state index contributed by atoms with van der Waals surface area (Å²) in [6.45, 7) is 3.16. The van der Waals surface area contributed by atoms with E-state index in [9.17, 15) is 4.79 Å². The number of ether oxygens (including phenoxy) is 1. The Morgan fingerprint density at radius 1 is 1.32 bits per heavy atom. The Bertz CT molecular complexity index is 675. The lowest BCUT2D eigenvalue weighted by atomic mass is 10.1. The maximum atomic E-state index is 12.5. The number of hydrogen-bond donors (Lipinski definition) is 0. The maximum absolute atomic E-state index is 12.5. The first-order valence-corrected chi connectivity index (χ1v) is 7.50. The Labute approximate surface area is 133 Å². The van der Waals surface area contributed by atoms with Crippen LogP contribution in [0.15, 0.2) is 36.7 Å². The van der Waals surface area contributed by atoms with Crippen molar-refractivity contribution in [3.63, 3.8) is 0 Å². The first-order chi connectivity index (χ1) is 10.6. The molecule has 1 aliphatic rings. The highest BCUT2D eigenvalue weighted by Gasteiger charge is 2.29. The minimum Gasteiger partial charge on any atom is -0.458 e. The van der Waals surface area contributed by atoms with Gasteiger partial charge in [0, 0.05) is 18.5 Å². The van der Waals surface area contributed by atoms with E-state index in [0.29, 0.717) is 24.1 Å². The number of aryl methyl sites for hydroxylation is 1. The molecule has 3 rings (SSSR count). The summed E-state index contributed by atoms with van der Waals surface area (Å²) in [5.74, 6) is 0.0428. The average Bonchev–Trinajstić information content (AvgIpc) is 2.98. The van der Waals surface area contributed by atoms with Gasteiger partial charge in [0.2, 0.25) is 0 Å². The first kappa shape index (κ1) is 14.8. The number of carbonyl (C=O) groups is 1. The monoisotopic (exact) mass is 317 g/mol. The van der Waals surface area contributed by atoms with Crippen LogP contribution in [0.3, 0.4) is 0 Å². The lowest BCUT2D eigenvalue weighted by molar-refractivity contribution is 0.0769. The van der Waals surface area contributed by atoms with Crippen LogP contribution in [0.5, 0.6) is 6.01 Å². The highest BCUT2D eigenvalue weighted by atomic mass is 35.5. The van der Waals surface area contributed by atoms with Crippen molar-refractivity contribution in [2.75, 3.05) is 13.1 Å². The summed E-state index contributed by atoms with van der Waals surface area (Å²) in [5.41, 5.74) is 1.73. The van der Waals surface area contributed by atoms with Crippen LogP contribution in [0.1, 0.15) is 22.3 Å². The normalized spacial score (nSPS) is 17.5. The highest BCUT2D eigenvalue weighted by Crippen LogP contribution is 2.19. The van der Waals surface area contributed by atoms with E-state index in [1.54, 1.807) is 0 Å². The molecule has 22 heavy (non-hydrogen) atoms. The molecule has 0 radical (unpaired) electrons. The molecule has 0 spiro atoms. The molecule has 1 fully saturated rings. The molecule has 0 N–H and O–H groups in total. The standard InChI is InChI=1S/C16H16ClN3O2/c1-11-4-2-3-5-14(11)15(21)20-7-6-13(10-20)22-16-18-8-12(17)9-19-16/h2-5,8-9,13H,6-7,10H2,1H3. The molecule has 1 atom stereocenters. The van der Waals surface area contributed by atoms with Gasteiger partial charge in [-0.15, -0.1) is 0 Å². The molecule has 6 heteroatoms. The van der Waals surface area contributed by atoms with Crippen molar-refractivity contribution in [1.82, 2.24) is 14.9 Å². The fourth-order valence-corrected chi connectivity index (χ4v) is 2.60. The molecule has 1 aliphatic heterocycles. The van der Waals surface area contributed by atoms with Gasteiger partial charge in [-0.05, 0) is 18.6 Å². The van der Waals surface area contributed by atoms with Crippen LogP contribution in [0, 0.1) is 6.92 Å². The Hall–Kier alpha value is -2.14. The van der Waals surface area contributed by atoms with Crippen LogP contribution in [-0.2, 0) is 0 Å². The van der Waals surface area contributed by atoms with E-state index in [1.165, 1.54) is 12.4 Å². The summed E-state index contributed by atoms with van der Waals surface area (Å²) < 4.78 is 5.70. The molecule has 1 aromatic carbocycles. The lowest BCUT2D eigenvalue weighted by Crippen LogP contribution is -2.31. The fraction of sp³-hybridized carbons (Fsp3) is 0.312. The van der Waals surface area contributed by atoms with Crippen LogP contribution in [-0.4, -0.2) is 40.0 Å². The third-order valence-corrected chi connectivity index (χ3v) is 3.87. The summed E-state index contributed by atoms with van der Waals surface area (Å²) in [6, 6.07) is 7.90. The minimum atomic E-state index is -0.0888. The predicted octanol–water partition coefficient (Wildman–Crippen LogP) is 2.73. The van der Waals surface area contributed by atoms with Gasteiger partial charge in [-0.25, -0.2) is 9.97 Å². The molecular formula is C16H16ClN3O2. The molecule has 0 saturated carbocycles. The number of benzene rings is 1. The van der Waals surface area contributed by atoms with Crippen LogP contribution in [0.2, 0.25) is 5.02 Å². The zero-order chi connectivity index (χ0) is 15.5. The smallest absolute Gasteiger partial charge is 0.316 e. The number of aromatic nitrogens is 2. The number of amides is 1. The second kappa shape index (κ2) is 6.32. The van der Waals surface area contributed by atoms with Crippen molar-refractivity contribution in [2.45, 2.75) is 19.4 Å². The van der Waals surface area contributed by atoms with E-state index >= 15 is 0 Å². The molecule has 1 saturated heterocycles. The Kier molecular flexibility index (Phi) is 4.24. The van der Waals surface area contributed by atoms with Crippen LogP contribution in [0.25, 0.3) is 0 Å². The van der Waals surface area contributed by atoms with Crippen molar-refractivity contribution in [3.05, 3.63) is 52.8 Å². The zero-order valence-corrected chi connectivity index (χ0v) is 13.0. The zero-order valence-electron chi connectivity index (χ0n) is 12.2. The Balaban J connectivity index is 1.63. The summed E-state index contributed by atoms with van der Waals surface area (Å²) in [7, 11) is 0. The molecule has 5 nitrogen and oxygen atoms in total. The predicted molar refractivity (Wildman–Crippen MR) is 83.2 cm³/mol. The number of hydrogen-bond acceptors (Lipinski definition) is 4. The molecule has 2 heterocycles. The van der Waals surface area contributed by atoms with Gasteiger partial charge in [-0.3, -0.25) is 4.79 Å². The molecule has 1 amide bonds. The van der Waals surface area contributed by atoms with Crippen molar-refractivity contribution >= 4 is 17.5 Å². The van der Waals surface area contributed by atoms with Gasteiger partial charge in [-0.1, -0.05) is 29.8 Å². The number of halogens is 1. The van der Waals surface area contributed by atoms with E-state index < -0.39 is 0 Å². The van der Waals surface area contributed by atoms with E-state index in [2.05, 4.69) is 9.97 Å². The van der Waals surface area contributed by atoms with Crippen molar-refractivity contribution in [3.8, 4) is 6.01 Å². The van der Waals surface area contributed by atoms with E-state index in [4.69, 9.17) is 16.3 Å². The first-order valence-electron chi connectivity index (χ1n) is 7.12. The van der Waals surface area contributed by atoms with Gasteiger partial charge in [0.15, 0.2) is 0 Å². The average molecular weight is 318 g/mol. The van der Waals surface area contributed by atoms with Gasteiger partial charge >= 0.3 is 6.01 Å². The van der Waals surface area contributed by atoms with Gasteiger partial charge in [0.05, 0.1) is 24.0 Å². The Morgan fingerprint density at radius 2 is 2.05 bits per heavy atom.